The highest BCUT2D eigenvalue weighted by Gasteiger charge is 2.11. The number of carbonyl (C=O) groups is 3. The number of rotatable bonds is 28. The maximum Gasteiger partial charge on any atom is 0.239 e. The van der Waals surface area contributed by atoms with Crippen LogP contribution in [-0.4, -0.2) is 71.3 Å². The zero-order chi connectivity index (χ0) is 38.3. The number of carbonyl (C=O) groups excluding carboxylic acids is 3. The monoisotopic (exact) mass is 755 g/mol. The molecule has 0 heterocycles. The van der Waals surface area contributed by atoms with Gasteiger partial charge in [-0.25, -0.2) is 0 Å². The molecule has 0 aromatic heterocycles. The molecule has 0 bridgehead atoms. The van der Waals surface area contributed by atoms with E-state index in [1.165, 1.54) is 5.56 Å². The summed E-state index contributed by atoms with van der Waals surface area (Å²) in [5, 5.41) is 26.1. The molecule has 0 aliphatic rings. The predicted molar refractivity (Wildman–Crippen MR) is 224 cm³/mol. The van der Waals surface area contributed by atoms with E-state index in [1.807, 2.05) is 51.9 Å². The third kappa shape index (κ3) is 35.1. The van der Waals surface area contributed by atoms with E-state index >= 15 is 0 Å². The largest absolute Gasteiger partial charge is 0.394 e. The minimum atomic E-state index is -0.688. The number of nitrogens with one attached hydrogen (secondary N) is 3. The molecule has 1 aromatic rings. The van der Waals surface area contributed by atoms with Crippen molar-refractivity contribution in [2.75, 3.05) is 32.1 Å². The van der Waals surface area contributed by atoms with Crippen molar-refractivity contribution in [2.45, 2.75) is 103 Å². The molecule has 1 aromatic carbocycles. The number of benzene rings is 1. The van der Waals surface area contributed by atoms with Crippen LogP contribution in [0, 0.1) is 0 Å². The van der Waals surface area contributed by atoms with Crippen molar-refractivity contribution >= 4 is 39.3 Å². The summed E-state index contributed by atoms with van der Waals surface area (Å²) in [4.78, 5) is 34.7. The van der Waals surface area contributed by atoms with E-state index in [4.69, 9.17) is 10.2 Å². The van der Waals surface area contributed by atoms with Crippen LogP contribution in [0.25, 0.3) is 0 Å². The maximum atomic E-state index is 11.7. The second kappa shape index (κ2) is 37.4. The van der Waals surface area contributed by atoms with Gasteiger partial charge in [0.1, 0.15) is 0 Å². The topological polar surface area (TPSA) is 128 Å². The molecular weight excluding hydrogens is 691 g/mol. The quantitative estimate of drug-likeness (QED) is 0.0334. The third-order valence-electron chi connectivity index (χ3n) is 6.87. The van der Waals surface area contributed by atoms with Crippen molar-refractivity contribution < 1.29 is 24.6 Å². The molecule has 0 aliphatic heterocycles. The zero-order valence-electron chi connectivity index (χ0n) is 31.7. The van der Waals surface area contributed by atoms with E-state index in [9.17, 15) is 14.4 Å². The Labute approximate surface area is 322 Å². The number of aliphatic hydroxyl groups excluding tert-OH is 2. The molecule has 0 unspecified atom stereocenters. The molecule has 52 heavy (non-hydrogen) atoms. The Balaban J connectivity index is 0.00000107. The Bertz CT molecular complexity index is 1210. The van der Waals surface area contributed by atoms with Crippen molar-refractivity contribution in [1.82, 2.24) is 16.0 Å². The molecule has 290 valence electrons. The summed E-state index contributed by atoms with van der Waals surface area (Å²) in [5.74, 6) is 0.494. The summed E-state index contributed by atoms with van der Waals surface area (Å²) in [7, 11) is 3.68. The summed E-state index contributed by atoms with van der Waals surface area (Å²) in [6, 6.07) is 9.19. The highest BCUT2D eigenvalue weighted by Crippen LogP contribution is 2.25. The van der Waals surface area contributed by atoms with Crippen molar-refractivity contribution in [2.24, 2.45) is 0 Å². The number of aryl methyl sites for hydroxylation is 1. The fourth-order valence-electron chi connectivity index (χ4n) is 4.15. The predicted octanol–water partition coefficient (Wildman–Crippen LogP) is 7.97. The first-order chi connectivity index (χ1) is 25.3. The van der Waals surface area contributed by atoms with Crippen LogP contribution in [0.3, 0.4) is 0 Å². The molecule has 0 spiro atoms. The lowest BCUT2D eigenvalue weighted by molar-refractivity contribution is -0.126. The van der Waals surface area contributed by atoms with Crippen LogP contribution >= 0.6 is 21.6 Å². The van der Waals surface area contributed by atoms with Gasteiger partial charge in [0.05, 0.1) is 25.8 Å². The van der Waals surface area contributed by atoms with Crippen LogP contribution in [0.4, 0.5) is 0 Å². The maximum absolute atomic E-state index is 11.7. The lowest BCUT2D eigenvalue weighted by Gasteiger charge is -2.13. The average Bonchev–Trinajstić information content (AvgIpc) is 3.14. The molecule has 0 aliphatic carbocycles. The van der Waals surface area contributed by atoms with Crippen molar-refractivity contribution in [3.63, 3.8) is 0 Å². The second-order valence-corrected chi connectivity index (χ2v) is 15.1. The number of hydrogen-bond donors (Lipinski definition) is 5. The summed E-state index contributed by atoms with van der Waals surface area (Å²) in [6.45, 7) is 6.45. The van der Waals surface area contributed by atoms with Gasteiger partial charge >= 0.3 is 0 Å². The van der Waals surface area contributed by atoms with Crippen molar-refractivity contribution in [1.29, 1.82) is 0 Å². The van der Waals surface area contributed by atoms with Crippen LogP contribution in [0.15, 0.2) is 103 Å². The Kier molecular flexibility index (Phi) is 35.1. The van der Waals surface area contributed by atoms with Crippen LogP contribution in [-0.2, 0) is 20.8 Å². The van der Waals surface area contributed by atoms with E-state index in [1.54, 1.807) is 0 Å². The van der Waals surface area contributed by atoms with Crippen molar-refractivity contribution in [3.8, 4) is 0 Å². The van der Waals surface area contributed by atoms with Crippen LogP contribution in [0.1, 0.15) is 90.5 Å². The molecule has 0 saturated heterocycles. The van der Waals surface area contributed by atoms with E-state index in [2.05, 4.69) is 110 Å². The van der Waals surface area contributed by atoms with Crippen LogP contribution < -0.4 is 16.0 Å². The van der Waals surface area contributed by atoms with E-state index < -0.39 is 11.9 Å². The first kappa shape index (κ1) is 48.7. The summed E-state index contributed by atoms with van der Waals surface area (Å²) >= 11 is 0. The lowest BCUT2D eigenvalue weighted by Crippen LogP contribution is -2.45. The second-order valence-electron chi connectivity index (χ2n) is 12.0. The molecule has 10 heteroatoms. The highest BCUT2D eigenvalue weighted by atomic mass is 33.1. The third-order valence-corrected chi connectivity index (χ3v) is 9.82. The minimum absolute atomic E-state index is 0.148. The van der Waals surface area contributed by atoms with Gasteiger partial charge in [0.25, 0.3) is 0 Å². The summed E-state index contributed by atoms with van der Waals surface area (Å²) in [5.41, 5.74) is 1.18. The van der Waals surface area contributed by atoms with Gasteiger partial charge in [-0.2, -0.15) is 0 Å². The number of amides is 3. The molecule has 0 fully saturated rings. The molecular formula is C42H65N3O5S2. The van der Waals surface area contributed by atoms with Gasteiger partial charge in [-0.15, -0.1) is 0 Å². The number of aliphatic hydroxyl groups is 2. The molecule has 1 rings (SSSR count). The van der Waals surface area contributed by atoms with E-state index in [0.717, 1.165) is 63.7 Å². The van der Waals surface area contributed by atoms with Gasteiger partial charge in [-0.3, -0.25) is 14.4 Å². The van der Waals surface area contributed by atoms with E-state index in [-0.39, 0.29) is 31.6 Å². The fraction of sp³-hybridized carbons (Fsp3) is 0.500. The van der Waals surface area contributed by atoms with Gasteiger partial charge in [0.15, 0.2) is 0 Å². The summed E-state index contributed by atoms with van der Waals surface area (Å²) in [6.07, 6.45) is 35.6. The summed E-state index contributed by atoms with van der Waals surface area (Å²) < 4.78 is 0. The number of allylic oxidation sites excluding steroid dienone is 12. The number of hydrogen-bond acceptors (Lipinski definition) is 7. The first-order valence-corrected chi connectivity index (χ1v) is 21.0. The van der Waals surface area contributed by atoms with Crippen LogP contribution in [0.2, 0.25) is 0 Å². The first-order valence-electron chi connectivity index (χ1n) is 18.6. The SMILES string of the molecule is CC/C=C\C/C=C\C/C=C\C/C=C\C/C=C\C/C=C\CCC(=O)NCCSSC(C)C.O=C(CCCc1ccccc1)NCC(=O)NC(CO)CO. The molecule has 0 radical (unpaired) electrons. The van der Waals surface area contributed by atoms with Crippen LogP contribution in [0.5, 0.6) is 0 Å². The van der Waals surface area contributed by atoms with Crippen molar-refractivity contribution in [3.05, 3.63) is 109 Å². The fourth-order valence-corrected chi connectivity index (χ4v) is 6.06. The average molecular weight is 756 g/mol. The van der Waals surface area contributed by atoms with Gasteiger partial charge in [-0.05, 0) is 63.4 Å². The Morgan fingerprint density at radius 2 is 1.21 bits per heavy atom. The molecule has 3 amide bonds. The van der Waals surface area contributed by atoms with Gasteiger partial charge in [-0.1, -0.05) is 146 Å². The standard InChI is InChI=1S/C27H43NOS2.C15H22N2O4/c1-4-5-6-7-8-9-10-11-12-13-14-15-16-17-18-19-20-21-22-23-27(29)28-24-25-30-31-26(2)3;18-10-13(11-19)17-15(21)9-16-14(20)8-4-7-12-5-2-1-3-6-12/h5-6,8-9,11-12,14-15,17-18,20-21,26H,4,7,10,13,16,19,22-25H2,1-3H3,(H,28,29);1-3,5-6,13,18-19H,4,7-11H2,(H,16,20)(H,17,21)/b6-5-,9-8-,12-11-,15-14-,18-17-,21-20-;. The zero-order valence-corrected chi connectivity index (χ0v) is 33.4. The normalized spacial score (nSPS) is 11.9. The molecule has 5 N–H and O–H groups in total. The van der Waals surface area contributed by atoms with Gasteiger partial charge in [0, 0.05) is 30.4 Å². The lowest BCUT2D eigenvalue weighted by atomic mass is 10.1. The Morgan fingerprint density at radius 1 is 0.692 bits per heavy atom. The van der Waals surface area contributed by atoms with Gasteiger partial charge in [0.2, 0.25) is 17.7 Å². The molecule has 8 nitrogen and oxygen atoms in total. The Morgan fingerprint density at radius 3 is 1.73 bits per heavy atom. The van der Waals surface area contributed by atoms with E-state index in [0.29, 0.717) is 24.5 Å². The smallest absolute Gasteiger partial charge is 0.239 e. The Hall–Kier alpha value is -3.31. The molecule has 0 atom stereocenters. The molecule has 0 saturated carbocycles. The minimum Gasteiger partial charge on any atom is -0.394 e. The highest BCUT2D eigenvalue weighted by molar-refractivity contribution is 8.76. The van der Waals surface area contributed by atoms with Gasteiger partial charge < -0.3 is 26.2 Å².